The second-order valence-electron chi connectivity index (χ2n) is 12.6. The molecule has 0 atom stereocenters. The highest BCUT2D eigenvalue weighted by atomic mass is 35.5. The van der Waals surface area contributed by atoms with Crippen molar-refractivity contribution < 1.29 is 19.2 Å². The third kappa shape index (κ3) is 6.83. The van der Waals surface area contributed by atoms with Gasteiger partial charge in [0.25, 0.3) is 5.89 Å². The molecule has 0 unspecified atom stereocenters. The number of carboxylic acids is 1. The van der Waals surface area contributed by atoms with Gasteiger partial charge in [0, 0.05) is 35.3 Å². The zero-order valence-corrected chi connectivity index (χ0v) is 25.0. The van der Waals surface area contributed by atoms with Crippen LogP contribution in [-0.4, -0.2) is 58.5 Å². The van der Waals surface area contributed by atoms with Gasteiger partial charge in [0.1, 0.15) is 0 Å². The number of carbonyl (C=O) groups is 1. The lowest BCUT2D eigenvalue weighted by molar-refractivity contribution is -0.156. The summed E-state index contributed by atoms with van der Waals surface area (Å²) in [5.74, 6) is 0.715. The minimum Gasteiger partial charge on any atom is -0.481 e. The normalized spacial score (nSPS) is 18.2. The zero-order chi connectivity index (χ0) is 29.2. The van der Waals surface area contributed by atoms with Crippen molar-refractivity contribution >= 4 is 17.6 Å². The fourth-order valence-corrected chi connectivity index (χ4v) is 6.67. The van der Waals surface area contributed by atoms with Crippen LogP contribution in [0.4, 0.5) is 0 Å². The molecule has 2 heterocycles. The molecule has 3 aromatic rings. The average Bonchev–Trinajstić information content (AvgIpc) is 3.63. The lowest BCUT2D eigenvalue weighted by atomic mass is 9.79. The minimum absolute atomic E-state index is 0.237. The first-order valence-corrected chi connectivity index (χ1v) is 14.9. The second-order valence-corrected chi connectivity index (χ2v) is 13.0. The number of hydrogen-bond donors (Lipinski definition) is 2. The molecule has 41 heavy (non-hydrogen) atoms. The maximum absolute atomic E-state index is 12.0. The highest BCUT2D eigenvalue weighted by Gasteiger charge is 2.41. The number of nitrogens with two attached hydrogens (primary N) is 1. The van der Waals surface area contributed by atoms with E-state index < -0.39 is 16.9 Å². The van der Waals surface area contributed by atoms with Gasteiger partial charge in [-0.3, -0.25) is 9.69 Å². The van der Waals surface area contributed by atoms with E-state index in [0.29, 0.717) is 50.0 Å². The number of hydrogen-bond acceptors (Lipinski definition) is 7. The Hall–Kier alpha value is -2.78. The summed E-state index contributed by atoms with van der Waals surface area (Å²) in [7, 11) is 1.56. The fourth-order valence-electron chi connectivity index (χ4n) is 6.34. The molecular formula is C32H41ClN4O4. The maximum Gasteiger partial charge on any atom is 0.312 e. The number of aromatic nitrogens is 2. The SMILES string of the molecule is COCC1(C(=O)O)CCN(Cc2ccc(-c3noc(-c4ccc(C5CCCC5)c(Cl)c4)n3)cc2CC(C)(C)N)CC1. The summed E-state index contributed by atoms with van der Waals surface area (Å²) < 4.78 is 10.9. The number of nitrogens with zero attached hydrogens (tertiary/aromatic N) is 3. The Morgan fingerprint density at radius 1 is 1.15 bits per heavy atom. The quantitative estimate of drug-likeness (QED) is 0.287. The van der Waals surface area contributed by atoms with Gasteiger partial charge in [-0.05, 0) is 99.8 Å². The highest BCUT2D eigenvalue weighted by molar-refractivity contribution is 6.31. The molecule has 3 N–H and O–H groups in total. The van der Waals surface area contributed by atoms with Crippen molar-refractivity contribution in [3.05, 3.63) is 58.1 Å². The molecule has 0 spiro atoms. The van der Waals surface area contributed by atoms with Crippen molar-refractivity contribution in [1.82, 2.24) is 15.0 Å². The standard InChI is InChI=1S/C32H41ClN4O4/c1-31(2,34)18-25-16-22(8-9-24(25)19-37-14-12-32(13-15-37,20-40-3)30(38)39)28-35-29(41-36-28)23-10-11-26(27(33)17-23)21-6-4-5-7-21/h8-11,16-17,21H,4-7,12-15,18-20,34H2,1-3H3,(H,38,39). The second kappa shape index (κ2) is 12.2. The first kappa shape index (κ1) is 29.7. The molecule has 2 aromatic carbocycles. The van der Waals surface area contributed by atoms with Crippen LogP contribution in [-0.2, 0) is 22.5 Å². The third-order valence-electron chi connectivity index (χ3n) is 8.66. The summed E-state index contributed by atoms with van der Waals surface area (Å²) in [4.78, 5) is 19.0. The number of likely N-dealkylation sites (tertiary alicyclic amines) is 1. The van der Waals surface area contributed by atoms with Gasteiger partial charge in [0.2, 0.25) is 5.82 Å². The van der Waals surface area contributed by atoms with Crippen molar-refractivity contribution in [3.8, 4) is 22.8 Å². The Bertz CT molecular complexity index is 1370. The van der Waals surface area contributed by atoms with Gasteiger partial charge in [-0.1, -0.05) is 47.8 Å². The van der Waals surface area contributed by atoms with Gasteiger partial charge in [-0.25, -0.2) is 0 Å². The van der Waals surface area contributed by atoms with E-state index in [9.17, 15) is 9.90 Å². The van der Waals surface area contributed by atoms with E-state index in [4.69, 9.17) is 31.6 Å². The van der Waals surface area contributed by atoms with E-state index in [1.807, 2.05) is 32.0 Å². The zero-order valence-electron chi connectivity index (χ0n) is 24.3. The average molecular weight is 581 g/mol. The van der Waals surface area contributed by atoms with Crippen molar-refractivity contribution in [2.75, 3.05) is 26.8 Å². The van der Waals surface area contributed by atoms with E-state index in [1.54, 1.807) is 7.11 Å². The number of carboxylic acid groups (broad SMARTS) is 1. The monoisotopic (exact) mass is 580 g/mol. The summed E-state index contributed by atoms with van der Waals surface area (Å²) in [6, 6.07) is 12.3. The maximum atomic E-state index is 12.0. The Balaban J connectivity index is 1.34. The van der Waals surface area contributed by atoms with Crippen molar-refractivity contribution in [3.63, 3.8) is 0 Å². The highest BCUT2D eigenvalue weighted by Crippen LogP contribution is 2.39. The molecule has 1 saturated heterocycles. The van der Waals surface area contributed by atoms with E-state index >= 15 is 0 Å². The molecule has 1 saturated carbocycles. The number of benzene rings is 2. The van der Waals surface area contributed by atoms with E-state index in [-0.39, 0.29) is 6.61 Å². The summed E-state index contributed by atoms with van der Waals surface area (Å²) >= 11 is 6.67. The molecule has 8 nitrogen and oxygen atoms in total. The molecular weight excluding hydrogens is 540 g/mol. The molecule has 0 bridgehead atoms. The Kier molecular flexibility index (Phi) is 8.85. The Morgan fingerprint density at radius 2 is 1.85 bits per heavy atom. The fraction of sp³-hybridized carbons (Fsp3) is 0.531. The number of rotatable bonds is 10. The van der Waals surface area contributed by atoms with Crippen LogP contribution in [0.2, 0.25) is 5.02 Å². The Labute approximate surface area is 247 Å². The molecule has 9 heteroatoms. The third-order valence-corrected chi connectivity index (χ3v) is 8.99. The molecule has 1 aliphatic carbocycles. The topological polar surface area (TPSA) is 115 Å². The van der Waals surface area contributed by atoms with Gasteiger partial charge in [0.05, 0.1) is 12.0 Å². The smallest absolute Gasteiger partial charge is 0.312 e. The largest absolute Gasteiger partial charge is 0.481 e. The van der Waals surface area contributed by atoms with Crippen LogP contribution < -0.4 is 5.73 Å². The van der Waals surface area contributed by atoms with Crippen molar-refractivity contribution in [2.45, 2.75) is 76.8 Å². The van der Waals surface area contributed by atoms with Crippen LogP contribution in [0.5, 0.6) is 0 Å². The molecule has 2 aliphatic rings. The minimum atomic E-state index is -0.811. The molecule has 0 amide bonds. The van der Waals surface area contributed by atoms with Gasteiger partial charge < -0.3 is 20.1 Å². The van der Waals surface area contributed by atoms with E-state index in [2.05, 4.69) is 28.3 Å². The van der Waals surface area contributed by atoms with E-state index in [1.165, 1.54) is 36.8 Å². The summed E-state index contributed by atoms with van der Waals surface area (Å²) in [5, 5.41) is 14.9. The van der Waals surface area contributed by atoms with Gasteiger partial charge in [-0.15, -0.1) is 0 Å². The first-order valence-electron chi connectivity index (χ1n) is 14.6. The number of piperidine rings is 1. The van der Waals surface area contributed by atoms with Crippen LogP contribution in [0.15, 0.2) is 40.9 Å². The number of halogens is 1. The summed E-state index contributed by atoms with van der Waals surface area (Å²) in [5.41, 5.74) is 10.4. The molecule has 5 rings (SSSR count). The van der Waals surface area contributed by atoms with Crippen LogP contribution in [0, 0.1) is 5.41 Å². The summed E-state index contributed by atoms with van der Waals surface area (Å²) in [6.45, 7) is 6.38. The molecule has 0 radical (unpaired) electrons. The number of ether oxygens (including phenoxy) is 1. The Morgan fingerprint density at radius 3 is 2.49 bits per heavy atom. The molecule has 1 aromatic heterocycles. The molecule has 2 fully saturated rings. The van der Waals surface area contributed by atoms with E-state index in [0.717, 1.165) is 28.3 Å². The van der Waals surface area contributed by atoms with Gasteiger partial charge in [-0.2, -0.15) is 4.98 Å². The van der Waals surface area contributed by atoms with Gasteiger partial charge in [0.15, 0.2) is 0 Å². The van der Waals surface area contributed by atoms with Gasteiger partial charge >= 0.3 is 5.97 Å². The number of methoxy groups -OCH3 is 1. The predicted octanol–water partition coefficient (Wildman–Crippen LogP) is 6.31. The molecule has 1 aliphatic heterocycles. The lowest BCUT2D eigenvalue weighted by Gasteiger charge is -2.38. The van der Waals surface area contributed by atoms with Crippen molar-refractivity contribution in [1.29, 1.82) is 0 Å². The van der Waals surface area contributed by atoms with Crippen LogP contribution in [0.1, 0.15) is 75.0 Å². The molecule has 220 valence electrons. The van der Waals surface area contributed by atoms with Crippen molar-refractivity contribution in [2.24, 2.45) is 11.1 Å². The lowest BCUT2D eigenvalue weighted by Crippen LogP contribution is -2.46. The summed E-state index contributed by atoms with van der Waals surface area (Å²) in [6.07, 6.45) is 6.69. The number of aliphatic carboxylic acids is 1. The van der Waals surface area contributed by atoms with Crippen LogP contribution in [0.25, 0.3) is 22.8 Å². The first-order chi connectivity index (χ1) is 19.6. The van der Waals surface area contributed by atoms with Crippen LogP contribution >= 0.6 is 11.6 Å². The predicted molar refractivity (Wildman–Crippen MR) is 160 cm³/mol. The van der Waals surface area contributed by atoms with Crippen LogP contribution in [0.3, 0.4) is 0 Å².